The van der Waals surface area contributed by atoms with Crippen molar-refractivity contribution in [2.45, 2.75) is 38.3 Å². The van der Waals surface area contributed by atoms with Gasteiger partial charge in [-0.25, -0.2) is 0 Å². The highest BCUT2D eigenvalue weighted by atomic mass is 16.2. The smallest absolute Gasteiger partial charge is 0.256 e. The molecular formula is C18H21N3O2. The van der Waals surface area contributed by atoms with Gasteiger partial charge in [0, 0.05) is 17.6 Å². The van der Waals surface area contributed by atoms with E-state index in [1.165, 1.54) is 5.56 Å². The van der Waals surface area contributed by atoms with E-state index in [1.54, 1.807) is 0 Å². The summed E-state index contributed by atoms with van der Waals surface area (Å²) >= 11 is 0. The molecule has 3 heterocycles. The van der Waals surface area contributed by atoms with Gasteiger partial charge in [0.2, 0.25) is 5.91 Å². The van der Waals surface area contributed by atoms with Crippen molar-refractivity contribution in [2.24, 2.45) is 0 Å². The fraction of sp³-hybridized carbons (Fsp3) is 0.444. The Morgan fingerprint density at radius 3 is 2.78 bits per heavy atom. The molecule has 2 aliphatic rings. The number of hydrogen-bond donors (Lipinski definition) is 2. The molecule has 5 heteroatoms. The molecule has 0 radical (unpaired) electrons. The van der Waals surface area contributed by atoms with E-state index in [2.05, 4.69) is 10.3 Å². The molecule has 0 saturated carbocycles. The highest BCUT2D eigenvalue weighted by molar-refractivity contribution is 5.87. The molecule has 2 N–H and O–H groups in total. The van der Waals surface area contributed by atoms with Gasteiger partial charge in [-0.1, -0.05) is 24.6 Å². The molecular weight excluding hydrogens is 290 g/mol. The minimum atomic E-state index is -0.0653. The molecule has 1 aromatic heterocycles. The maximum absolute atomic E-state index is 12.7. The monoisotopic (exact) mass is 311 g/mol. The van der Waals surface area contributed by atoms with Crippen molar-refractivity contribution < 1.29 is 4.79 Å². The van der Waals surface area contributed by atoms with Crippen LogP contribution in [0.1, 0.15) is 30.5 Å². The lowest BCUT2D eigenvalue weighted by molar-refractivity contribution is -0.135. The van der Waals surface area contributed by atoms with E-state index in [0.717, 1.165) is 55.2 Å². The van der Waals surface area contributed by atoms with Crippen LogP contribution in [0.25, 0.3) is 10.8 Å². The number of hydrogen-bond acceptors (Lipinski definition) is 3. The van der Waals surface area contributed by atoms with Gasteiger partial charge in [-0.15, -0.1) is 0 Å². The fourth-order valence-corrected chi connectivity index (χ4v) is 3.79. The number of fused-ring (bicyclic) bond motifs is 3. The van der Waals surface area contributed by atoms with E-state index >= 15 is 0 Å². The summed E-state index contributed by atoms with van der Waals surface area (Å²) in [6.45, 7) is 2.15. The van der Waals surface area contributed by atoms with Crippen LogP contribution in [0.15, 0.2) is 29.1 Å². The first-order valence-corrected chi connectivity index (χ1v) is 8.39. The van der Waals surface area contributed by atoms with E-state index < -0.39 is 0 Å². The predicted octanol–water partition coefficient (Wildman–Crippen LogP) is 1.55. The molecule has 4 rings (SSSR count). The summed E-state index contributed by atoms with van der Waals surface area (Å²) in [7, 11) is 0. The van der Waals surface area contributed by atoms with Gasteiger partial charge in [0.1, 0.15) is 0 Å². The van der Waals surface area contributed by atoms with E-state index in [0.29, 0.717) is 6.54 Å². The Morgan fingerprint density at radius 2 is 2.00 bits per heavy atom. The lowest BCUT2D eigenvalue weighted by Crippen LogP contribution is -2.50. The molecule has 1 atom stereocenters. The lowest BCUT2D eigenvalue weighted by atomic mass is 9.97. The first-order chi connectivity index (χ1) is 11.2. The van der Waals surface area contributed by atoms with Crippen LogP contribution < -0.4 is 10.9 Å². The van der Waals surface area contributed by atoms with Crippen molar-refractivity contribution >= 4 is 16.7 Å². The van der Waals surface area contributed by atoms with Crippen LogP contribution in [-0.2, 0) is 17.8 Å². The van der Waals surface area contributed by atoms with Crippen LogP contribution in [0.4, 0.5) is 0 Å². The third-order valence-electron chi connectivity index (χ3n) is 5.03. The van der Waals surface area contributed by atoms with E-state index in [4.69, 9.17) is 0 Å². The largest absolute Gasteiger partial charge is 0.335 e. The number of piperidine rings is 1. The molecule has 1 fully saturated rings. The summed E-state index contributed by atoms with van der Waals surface area (Å²) in [5, 5.41) is 5.08. The number of H-pyrrole nitrogens is 1. The number of benzene rings is 1. The van der Waals surface area contributed by atoms with Crippen molar-refractivity contribution in [2.75, 3.05) is 13.1 Å². The molecule has 120 valence electrons. The fourth-order valence-electron chi connectivity index (χ4n) is 3.79. The SMILES string of the molecule is O=C([C@H]1CCCCN1)N1CCc2c([nH]c(=O)c3ccccc23)C1. The zero-order chi connectivity index (χ0) is 15.8. The lowest BCUT2D eigenvalue weighted by Gasteiger charge is -2.33. The van der Waals surface area contributed by atoms with E-state index in [1.807, 2.05) is 29.2 Å². The molecule has 1 aromatic carbocycles. The molecule has 23 heavy (non-hydrogen) atoms. The summed E-state index contributed by atoms with van der Waals surface area (Å²) in [5.41, 5.74) is 2.01. The normalized spacial score (nSPS) is 21.2. The molecule has 2 aliphatic heterocycles. The van der Waals surface area contributed by atoms with E-state index in [-0.39, 0.29) is 17.5 Å². The first kappa shape index (κ1) is 14.5. The molecule has 0 bridgehead atoms. The Bertz CT molecular complexity index is 806. The number of carbonyl (C=O) groups excluding carboxylic acids is 1. The van der Waals surface area contributed by atoms with Gasteiger partial charge < -0.3 is 15.2 Å². The van der Waals surface area contributed by atoms with Crippen LogP contribution in [0, 0.1) is 0 Å². The molecule has 0 spiro atoms. The second-order valence-corrected chi connectivity index (χ2v) is 6.47. The average Bonchev–Trinajstić information content (AvgIpc) is 2.61. The predicted molar refractivity (Wildman–Crippen MR) is 89.3 cm³/mol. The highest BCUT2D eigenvalue weighted by Crippen LogP contribution is 2.24. The number of amides is 1. The maximum atomic E-state index is 12.7. The van der Waals surface area contributed by atoms with Crippen molar-refractivity contribution in [3.05, 3.63) is 45.9 Å². The zero-order valence-corrected chi connectivity index (χ0v) is 13.1. The Balaban J connectivity index is 1.64. The molecule has 2 aromatic rings. The van der Waals surface area contributed by atoms with Crippen LogP contribution >= 0.6 is 0 Å². The topological polar surface area (TPSA) is 65.2 Å². The first-order valence-electron chi connectivity index (χ1n) is 8.39. The highest BCUT2D eigenvalue weighted by Gasteiger charge is 2.29. The van der Waals surface area contributed by atoms with Gasteiger partial charge in [0.15, 0.2) is 0 Å². The van der Waals surface area contributed by atoms with Crippen LogP contribution in [0.2, 0.25) is 0 Å². The molecule has 0 aliphatic carbocycles. The summed E-state index contributed by atoms with van der Waals surface area (Å²) in [6.07, 6.45) is 3.96. The third-order valence-corrected chi connectivity index (χ3v) is 5.03. The summed E-state index contributed by atoms with van der Waals surface area (Å²) < 4.78 is 0. The minimum absolute atomic E-state index is 0.0579. The molecule has 1 amide bonds. The van der Waals surface area contributed by atoms with Gasteiger partial charge in [0.25, 0.3) is 5.56 Å². The van der Waals surface area contributed by atoms with Crippen LogP contribution in [0.5, 0.6) is 0 Å². The van der Waals surface area contributed by atoms with Gasteiger partial charge in [-0.05, 0) is 42.8 Å². The number of pyridine rings is 1. The van der Waals surface area contributed by atoms with Crippen molar-refractivity contribution in [3.8, 4) is 0 Å². The van der Waals surface area contributed by atoms with Gasteiger partial charge in [-0.2, -0.15) is 0 Å². The Labute approximate surface area is 134 Å². The summed E-state index contributed by atoms with van der Waals surface area (Å²) in [4.78, 5) is 29.8. The zero-order valence-electron chi connectivity index (χ0n) is 13.1. The Hall–Kier alpha value is -2.14. The molecule has 5 nitrogen and oxygen atoms in total. The Morgan fingerprint density at radius 1 is 1.17 bits per heavy atom. The van der Waals surface area contributed by atoms with Gasteiger partial charge >= 0.3 is 0 Å². The number of nitrogens with one attached hydrogen (secondary N) is 2. The van der Waals surface area contributed by atoms with Gasteiger partial charge in [0.05, 0.1) is 12.6 Å². The maximum Gasteiger partial charge on any atom is 0.256 e. The second-order valence-electron chi connectivity index (χ2n) is 6.47. The third kappa shape index (κ3) is 2.55. The minimum Gasteiger partial charge on any atom is -0.335 e. The summed E-state index contributed by atoms with van der Waals surface area (Å²) in [6, 6.07) is 7.65. The molecule has 0 unspecified atom stereocenters. The molecule has 1 saturated heterocycles. The number of nitrogens with zero attached hydrogens (tertiary/aromatic N) is 1. The van der Waals surface area contributed by atoms with Crippen molar-refractivity contribution in [1.29, 1.82) is 0 Å². The average molecular weight is 311 g/mol. The van der Waals surface area contributed by atoms with Crippen LogP contribution in [-0.4, -0.2) is 34.9 Å². The second kappa shape index (κ2) is 5.81. The van der Waals surface area contributed by atoms with Crippen molar-refractivity contribution in [3.63, 3.8) is 0 Å². The van der Waals surface area contributed by atoms with E-state index in [9.17, 15) is 9.59 Å². The number of aromatic nitrogens is 1. The summed E-state index contributed by atoms with van der Waals surface area (Å²) in [5.74, 6) is 0.171. The number of rotatable bonds is 1. The number of aromatic amines is 1. The van der Waals surface area contributed by atoms with Gasteiger partial charge in [-0.3, -0.25) is 9.59 Å². The standard InChI is InChI=1S/C18H21N3O2/c22-17-14-6-2-1-5-12(14)13-8-10-21(11-16(13)20-17)18(23)15-7-3-4-9-19-15/h1-2,5-6,15,19H,3-4,7-11H2,(H,20,22)/t15-/m1/s1. The quantitative estimate of drug-likeness (QED) is 0.840. The van der Waals surface area contributed by atoms with Crippen LogP contribution in [0.3, 0.4) is 0 Å². The Kier molecular flexibility index (Phi) is 3.65. The number of carbonyl (C=O) groups is 1. The van der Waals surface area contributed by atoms with Crippen molar-refractivity contribution in [1.82, 2.24) is 15.2 Å².